The molecule has 1 aliphatic carbocycles. The Bertz CT molecular complexity index is 423. The highest BCUT2D eigenvalue weighted by molar-refractivity contribution is 5.29. The molecule has 0 amide bonds. The van der Waals surface area contributed by atoms with E-state index in [0.717, 1.165) is 0 Å². The van der Waals surface area contributed by atoms with Crippen molar-refractivity contribution in [3.05, 3.63) is 29.6 Å². The molecule has 18 heavy (non-hydrogen) atoms. The van der Waals surface area contributed by atoms with Crippen molar-refractivity contribution in [1.29, 1.82) is 0 Å². The Kier molecular flexibility index (Phi) is 3.80. The van der Waals surface area contributed by atoms with Crippen molar-refractivity contribution in [2.45, 2.75) is 31.7 Å². The number of ether oxygens (including phenoxy) is 1. The van der Waals surface area contributed by atoms with Crippen molar-refractivity contribution in [3.8, 4) is 5.75 Å². The van der Waals surface area contributed by atoms with E-state index in [0.29, 0.717) is 12.0 Å². The molecule has 0 aromatic heterocycles. The highest BCUT2D eigenvalue weighted by Gasteiger charge is 2.39. The van der Waals surface area contributed by atoms with Crippen LogP contribution in [0.15, 0.2) is 18.2 Å². The van der Waals surface area contributed by atoms with Gasteiger partial charge in [0.25, 0.3) is 0 Å². The highest BCUT2D eigenvalue weighted by Crippen LogP contribution is 2.39. The minimum atomic E-state index is -2.59. The van der Waals surface area contributed by atoms with Gasteiger partial charge in [-0.05, 0) is 30.0 Å². The lowest BCUT2D eigenvalue weighted by Gasteiger charge is -2.13. The van der Waals surface area contributed by atoms with Gasteiger partial charge in [0.05, 0.1) is 6.61 Å². The van der Waals surface area contributed by atoms with Gasteiger partial charge in [-0.15, -0.1) is 0 Å². The summed E-state index contributed by atoms with van der Waals surface area (Å²) in [5, 5.41) is 0. The molecule has 1 atom stereocenters. The first-order valence-electron chi connectivity index (χ1n) is 5.99. The molecule has 0 heterocycles. The second-order valence-electron chi connectivity index (χ2n) is 4.74. The normalized spacial score (nSPS) is 22.1. The Hall–Kier alpha value is -1.23. The van der Waals surface area contributed by atoms with E-state index in [1.165, 1.54) is 12.1 Å². The third-order valence-electron chi connectivity index (χ3n) is 3.21. The number of nitrogens with two attached hydrogens (primary N) is 1. The van der Waals surface area contributed by atoms with E-state index in [-0.39, 0.29) is 37.7 Å². The minimum absolute atomic E-state index is 0.0995. The SMILES string of the molecule is NCc1ccc(OCC2CCC(F)(F)C2)c(F)c1. The molecule has 1 unspecified atom stereocenters. The van der Waals surface area contributed by atoms with Crippen LogP contribution in [0.3, 0.4) is 0 Å². The van der Waals surface area contributed by atoms with Crippen LogP contribution in [0.2, 0.25) is 0 Å². The number of halogens is 3. The van der Waals surface area contributed by atoms with Gasteiger partial charge in [-0.1, -0.05) is 6.07 Å². The average molecular weight is 259 g/mol. The molecule has 1 aliphatic rings. The number of rotatable bonds is 4. The van der Waals surface area contributed by atoms with Crippen molar-refractivity contribution in [3.63, 3.8) is 0 Å². The fourth-order valence-electron chi connectivity index (χ4n) is 2.18. The molecule has 0 aliphatic heterocycles. The van der Waals surface area contributed by atoms with E-state index >= 15 is 0 Å². The van der Waals surface area contributed by atoms with Crippen molar-refractivity contribution in [2.75, 3.05) is 6.61 Å². The molecule has 1 aromatic carbocycles. The van der Waals surface area contributed by atoms with E-state index in [1.807, 2.05) is 0 Å². The molecule has 0 spiro atoms. The summed E-state index contributed by atoms with van der Waals surface area (Å²) < 4.78 is 44.7. The molecule has 1 saturated carbocycles. The molecule has 0 bridgehead atoms. The largest absolute Gasteiger partial charge is 0.490 e. The van der Waals surface area contributed by atoms with E-state index in [9.17, 15) is 13.2 Å². The van der Waals surface area contributed by atoms with Crippen LogP contribution in [-0.4, -0.2) is 12.5 Å². The van der Waals surface area contributed by atoms with E-state index < -0.39 is 11.7 Å². The van der Waals surface area contributed by atoms with Crippen molar-refractivity contribution in [2.24, 2.45) is 11.7 Å². The summed E-state index contributed by atoms with van der Waals surface area (Å²) in [5.74, 6) is -3.19. The summed E-state index contributed by atoms with van der Waals surface area (Å²) in [6.45, 7) is 0.389. The number of hydrogen-bond acceptors (Lipinski definition) is 2. The topological polar surface area (TPSA) is 35.2 Å². The van der Waals surface area contributed by atoms with Crippen molar-refractivity contribution >= 4 is 0 Å². The maximum absolute atomic E-state index is 13.5. The smallest absolute Gasteiger partial charge is 0.248 e. The second kappa shape index (κ2) is 5.18. The summed E-state index contributed by atoms with van der Waals surface area (Å²) in [6, 6.07) is 4.46. The molecular weight excluding hydrogens is 243 g/mol. The second-order valence-corrected chi connectivity index (χ2v) is 4.74. The van der Waals surface area contributed by atoms with Gasteiger partial charge in [0, 0.05) is 19.4 Å². The fraction of sp³-hybridized carbons (Fsp3) is 0.538. The molecule has 2 nitrogen and oxygen atoms in total. The van der Waals surface area contributed by atoms with Gasteiger partial charge in [-0.2, -0.15) is 0 Å². The predicted molar refractivity (Wildman–Crippen MR) is 62.1 cm³/mol. The Balaban J connectivity index is 1.91. The summed E-state index contributed by atoms with van der Waals surface area (Å²) in [4.78, 5) is 0. The van der Waals surface area contributed by atoms with Gasteiger partial charge >= 0.3 is 0 Å². The number of benzene rings is 1. The van der Waals surface area contributed by atoms with Gasteiger partial charge in [-0.25, -0.2) is 13.2 Å². The summed E-state index contributed by atoms with van der Waals surface area (Å²) >= 11 is 0. The summed E-state index contributed by atoms with van der Waals surface area (Å²) in [5.41, 5.74) is 6.05. The average Bonchev–Trinajstić information content (AvgIpc) is 2.67. The monoisotopic (exact) mass is 259 g/mol. The molecule has 0 saturated heterocycles. The first-order chi connectivity index (χ1) is 8.50. The van der Waals surface area contributed by atoms with Crippen LogP contribution in [0.1, 0.15) is 24.8 Å². The van der Waals surface area contributed by atoms with Crippen LogP contribution < -0.4 is 10.5 Å². The van der Waals surface area contributed by atoms with Gasteiger partial charge in [0.1, 0.15) is 0 Å². The molecule has 100 valence electrons. The van der Waals surface area contributed by atoms with Gasteiger partial charge in [0.15, 0.2) is 11.6 Å². The zero-order valence-electron chi connectivity index (χ0n) is 9.96. The Labute approximate surface area is 104 Å². The minimum Gasteiger partial charge on any atom is -0.490 e. The molecule has 5 heteroatoms. The Morgan fingerprint density at radius 3 is 2.72 bits per heavy atom. The first-order valence-corrected chi connectivity index (χ1v) is 5.99. The zero-order chi connectivity index (χ0) is 13.2. The number of hydrogen-bond donors (Lipinski definition) is 1. The number of alkyl halides is 2. The molecule has 0 radical (unpaired) electrons. The lowest BCUT2D eigenvalue weighted by molar-refractivity contribution is 0.00286. The standard InChI is InChI=1S/C13H16F3NO/c14-11-5-9(7-17)1-2-12(11)18-8-10-3-4-13(15,16)6-10/h1-2,5,10H,3-4,6-8,17H2. The summed E-state index contributed by atoms with van der Waals surface area (Å²) in [6.07, 6.45) is 0.153. The lowest BCUT2D eigenvalue weighted by atomic mass is 10.1. The highest BCUT2D eigenvalue weighted by atomic mass is 19.3. The molecule has 1 aromatic rings. The third-order valence-corrected chi connectivity index (χ3v) is 3.21. The van der Waals surface area contributed by atoms with Crippen LogP contribution in [0, 0.1) is 11.7 Å². The van der Waals surface area contributed by atoms with Crippen LogP contribution in [0.25, 0.3) is 0 Å². The van der Waals surface area contributed by atoms with Crippen LogP contribution >= 0.6 is 0 Å². The van der Waals surface area contributed by atoms with Gasteiger partial charge in [0.2, 0.25) is 5.92 Å². The maximum Gasteiger partial charge on any atom is 0.248 e. The van der Waals surface area contributed by atoms with E-state index in [1.54, 1.807) is 6.07 Å². The Morgan fingerprint density at radius 1 is 1.39 bits per heavy atom. The maximum atomic E-state index is 13.5. The quantitative estimate of drug-likeness (QED) is 0.901. The molecule has 1 fully saturated rings. The first kappa shape index (κ1) is 13.2. The fourth-order valence-corrected chi connectivity index (χ4v) is 2.18. The van der Waals surface area contributed by atoms with Gasteiger partial charge in [-0.3, -0.25) is 0 Å². The zero-order valence-corrected chi connectivity index (χ0v) is 9.96. The van der Waals surface area contributed by atoms with Crippen molar-refractivity contribution in [1.82, 2.24) is 0 Å². The molecule has 2 rings (SSSR count). The summed E-state index contributed by atoms with van der Waals surface area (Å²) in [7, 11) is 0. The van der Waals surface area contributed by atoms with E-state index in [2.05, 4.69) is 0 Å². The van der Waals surface area contributed by atoms with Crippen LogP contribution in [-0.2, 0) is 6.54 Å². The third kappa shape index (κ3) is 3.16. The lowest BCUT2D eigenvalue weighted by Crippen LogP contribution is -2.14. The van der Waals surface area contributed by atoms with Crippen LogP contribution in [0.4, 0.5) is 13.2 Å². The Morgan fingerprint density at radius 2 is 2.17 bits per heavy atom. The van der Waals surface area contributed by atoms with Gasteiger partial charge < -0.3 is 10.5 Å². The molecular formula is C13H16F3NO. The molecule has 2 N–H and O–H groups in total. The van der Waals surface area contributed by atoms with Crippen molar-refractivity contribution < 1.29 is 17.9 Å². The van der Waals surface area contributed by atoms with E-state index in [4.69, 9.17) is 10.5 Å². The predicted octanol–water partition coefficient (Wildman–Crippen LogP) is 3.10. The van der Waals surface area contributed by atoms with Crippen LogP contribution in [0.5, 0.6) is 5.75 Å².